The van der Waals surface area contributed by atoms with Gasteiger partial charge in [0.25, 0.3) is 0 Å². The van der Waals surface area contributed by atoms with Crippen molar-refractivity contribution in [2.45, 2.75) is 25.3 Å². The Bertz CT molecular complexity index is 306. The second-order valence-electron chi connectivity index (χ2n) is 4.26. The number of nitrogens with one attached hydrogen (secondary N) is 1. The number of hydrogen-bond donors (Lipinski definition) is 2. The van der Waals surface area contributed by atoms with Crippen LogP contribution in [-0.2, 0) is 6.42 Å². The van der Waals surface area contributed by atoms with Gasteiger partial charge in [0, 0.05) is 6.04 Å². The number of benzene rings is 1. The van der Waals surface area contributed by atoms with Crippen LogP contribution in [0.5, 0.6) is 5.75 Å². The maximum Gasteiger partial charge on any atom is 0.115 e. The summed E-state index contributed by atoms with van der Waals surface area (Å²) in [4.78, 5) is 0. The summed E-state index contributed by atoms with van der Waals surface area (Å²) in [5.74, 6) is 2.95. The Morgan fingerprint density at radius 1 is 1.19 bits per heavy atom. The van der Waals surface area contributed by atoms with E-state index in [4.69, 9.17) is 5.11 Å². The molecule has 0 unspecified atom stereocenters. The van der Waals surface area contributed by atoms with E-state index in [9.17, 15) is 0 Å². The van der Waals surface area contributed by atoms with E-state index in [1.807, 2.05) is 12.1 Å². The normalized spacial score (nSPS) is 17.5. The largest absolute Gasteiger partial charge is 0.508 e. The quantitative estimate of drug-likeness (QED) is 0.843. The lowest BCUT2D eigenvalue weighted by Gasteiger charge is -2.22. The van der Waals surface area contributed by atoms with Gasteiger partial charge in [-0.2, -0.15) is 11.8 Å². The van der Waals surface area contributed by atoms with E-state index >= 15 is 0 Å². The van der Waals surface area contributed by atoms with Gasteiger partial charge in [-0.1, -0.05) is 12.1 Å². The highest BCUT2D eigenvalue weighted by Crippen LogP contribution is 2.17. The molecular formula is C13H19NOS. The van der Waals surface area contributed by atoms with Crippen LogP contribution in [0.1, 0.15) is 18.4 Å². The van der Waals surface area contributed by atoms with Crippen LogP contribution in [-0.4, -0.2) is 29.2 Å². The predicted molar refractivity (Wildman–Crippen MR) is 70.2 cm³/mol. The summed E-state index contributed by atoms with van der Waals surface area (Å²) in [5, 5.41) is 12.8. The molecule has 0 bridgehead atoms. The smallest absolute Gasteiger partial charge is 0.115 e. The predicted octanol–water partition coefficient (Wildman–Crippen LogP) is 2.42. The molecule has 1 aliphatic heterocycles. The van der Waals surface area contributed by atoms with Crippen molar-refractivity contribution in [1.82, 2.24) is 5.32 Å². The summed E-state index contributed by atoms with van der Waals surface area (Å²) in [5.41, 5.74) is 1.29. The van der Waals surface area contributed by atoms with Crippen molar-refractivity contribution in [1.29, 1.82) is 0 Å². The van der Waals surface area contributed by atoms with E-state index in [1.54, 1.807) is 12.1 Å². The Kier molecular flexibility index (Phi) is 4.55. The van der Waals surface area contributed by atoms with Gasteiger partial charge in [-0.3, -0.25) is 0 Å². The molecule has 1 heterocycles. The number of thioether (sulfide) groups is 1. The van der Waals surface area contributed by atoms with Gasteiger partial charge < -0.3 is 10.4 Å². The lowest BCUT2D eigenvalue weighted by atomic mass is 10.1. The zero-order valence-electron chi connectivity index (χ0n) is 9.48. The van der Waals surface area contributed by atoms with Gasteiger partial charge in [0.2, 0.25) is 0 Å². The standard InChI is InChI=1S/C13H19NOS/c15-13-3-1-11(2-4-13)5-8-14-12-6-9-16-10-7-12/h1-4,12,14-15H,5-10H2. The SMILES string of the molecule is Oc1ccc(CCNC2CCSCC2)cc1. The van der Waals surface area contributed by atoms with Gasteiger partial charge in [0.05, 0.1) is 0 Å². The first-order valence-electron chi connectivity index (χ1n) is 5.93. The molecular weight excluding hydrogens is 218 g/mol. The fourth-order valence-electron chi connectivity index (χ4n) is 1.98. The van der Waals surface area contributed by atoms with Crippen molar-refractivity contribution >= 4 is 11.8 Å². The Morgan fingerprint density at radius 3 is 2.56 bits per heavy atom. The highest BCUT2D eigenvalue weighted by atomic mass is 32.2. The van der Waals surface area contributed by atoms with Crippen LogP contribution < -0.4 is 5.32 Å². The Labute approximate surface area is 101 Å². The topological polar surface area (TPSA) is 32.3 Å². The van der Waals surface area contributed by atoms with E-state index in [1.165, 1.54) is 29.9 Å². The van der Waals surface area contributed by atoms with Gasteiger partial charge in [-0.05, 0) is 55.0 Å². The van der Waals surface area contributed by atoms with E-state index in [2.05, 4.69) is 17.1 Å². The molecule has 1 aliphatic rings. The minimum atomic E-state index is 0.348. The zero-order valence-corrected chi connectivity index (χ0v) is 10.3. The first-order chi connectivity index (χ1) is 7.84. The molecule has 16 heavy (non-hydrogen) atoms. The first-order valence-corrected chi connectivity index (χ1v) is 7.09. The summed E-state index contributed by atoms with van der Waals surface area (Å²) in [7, 11) is 0. The maximum atomic E-state index is 9.17. The molecule has 1 aromatic rings. The molecule has 1 aromatic carbocycles. The Morgan fingerprint density at radius 2 is 1.88 bits per heavy atom. The van der Waals surface area contributed by atoms with Crippen LogP contribution in [0.3, 0.4) is 0 Å². The molecule has 1 saturated heterocycles. The monoisotopic (exact) mass is 237 g/mol. The first kappa shape index (κ1) is 11.8. The average molecular weight is 237 g/mol. The Hall–Kier alpha value is -0.670. The van der Waals surface area contributed by atoms with Crippen LogP contribution in [0.4, 0.5) is 0 Å². The van der Waals surface area contributed by atoms with Gasteiger partial charge in [-0.15, -0.1) is 0 Å². The molecule has 0 aliphatic carbocycles. The lowest BCUT2D eigenvalue weighted by molar-refractivity contribution is 0.474. The summed E-state index contributed by atoms with van der Waals surface area (Å²) in [6.45, 7) is 1.04. The number of phenols is 1. The molecule has 2 nitrogen and oxygen atoms in total. The third-order valence-corrected chi connectivity index (χ3v) is 4.05. The summed E-state index contributed by atoms with van der Waals surface area (Å²) >= 11 is 2.06. The third kappa shape index (κ3) is 3.72. The second-order valence-corrected chi connectivity index (χ2v) is 5.48. The van der Waals surface area contributed by atoms with Crippen LogP contribution in [0.2, 0.25) is 0 Å². The van der Waals surface area contributed by atoms with Crippen molar-refractivity contribution in [2.24, 2.45) is 0 Å². The summed E-state index contributed by atoms with van der Waals surface area (Å²) in [6.07, 6.45) is 3.66. The van der Waals surface area contributed by atoms with Crippen LogP contribution in [0.25, 0.3) is 0 Å². The van der Waals surface area contributed by atoms with Crippen molar-refractivity contribution in [3.05, 3.63) is 29.8 Å². The van der Waals surface area contributed by atoms with Crippen LogP contribution in [0, 0.1) is 0 Å². The number of hydrogen-bond acceptors (Lipinski definition) is 3. The van der Waals surface area contributed by atoms with E-state index < -0.39 is 0 Å². The molecule has 0 saturated carbocycles. The van der Waals surface area contributed by atoms with Crippen molar-refractivity contribution in [2.75, 3.05) is 18.1 Å². The molecule has 0 radical (unpaired) electrons. The zero-order chi connectivity index (χ0) is 11.2. The number of aromatic hydroxyl groups is 1. The number of phenolic OH excluding ortho intramolecular Hbond substituents is 1. The highest BCUT2D eigenvalue weighted by Gasteiger charge is 2.11. The second kappa shape index (κ2) is 6.16. The summed E-state index contributed by atoms with van der Waals surface area (Å²) < 4.78 is 0. The molecule has 88 valence electrons. The van der Waals surface area contributed by atoms with Gasteiger partial charge >= 0.3 is 0 Å². The minimum Gasteiger partial charge on any atom is -0.508 e. The number of rotatable bonds is 4. The van der Waals surface area contributed by atoms with Gasteiger partial charge in [0.15, 0.2) is 0 Å². The fourth-order valence-corrected chi connectivity index (χ4v) is 3.09. The van der Waals surface area contributed by atoms with Crippen molar-refractivity contribution in [3.63, 3.8) is 0 Å². The van der Waals surface area contributed by atoms with Gasteiger partial charge in [0.1, 0.15) is 5.75 Å². The van der Waals surface area contributed by atoms with Crippen LogP contribution >= 0.6 is 11.8 Å². The van der Waals surface area contributed by atoms with E-state index in [0.29, 0.717) is 5.75 Å². The molecule has 0 atom stereocenters. The van der Waals surface area contributed by atoms with Crippen molar-refractivity contribution < 1.29 is 5.11 Å². The van der Waals surface area contributed by atoms with E-state index in [0.717, 1.165) is 19.0 Å². The lowest BCUT2D eigenvalue weighted by Crippen LogP contribution is -2.33. The Balaban J connectivity index is 1.69. The minimum absolute atomic E-state index is 0.348. The van der Waals surface area contributed by atoms with E-state index in [-0.39, 0.29) is 0 Å². The molecule has 0 aromatic heterocycles. The maximum absolute atomic E-state index is 9.17. The molecule has 0 amide bonds. The average Bonchev–Trinajstić information content (AvgIpc) is 2.33. The highest BCUT2D eigenvalue weighted by molar-refractivity contribution is 7.99. The molecule has 2 N–H and O–H groups in total. The third-order valence-electron chi connectivity index (χ3n) is 3.00. The molecule has 1 fully saturated rings. The molecule has 3 heteroatoms. The van der Waals surface area contributed by atoms with Gasteiger partial charge in [-0.25, -0.2) is 0 Å². The summed E-state index contributed by atoms with van der Waals surface area (Å²) in [6, 6.07) is 8.22. The molecule has 2 rings (SSSR count). The van der Waals surface area contributed by atoms with Crippen LogP contribution in [0.15, 0.2) is 24.3 Å². The fraction of sp³-hybridized carbons (Fsp3) is 0.538. The molecule has 0 spiro atoms. The van der Waals surface area contributed by atoms with Crippen molar-refractivity contribution in [3.8, 4) is 5.75 Å².